The average Bonchev–Trinajstić information content (AvgIpc) is 3.00. The molecule has 0 aliphatic heterocycles. The zero-order valence-electron chi connectivity index (χ0n) is 23.5. The van der Waals surface area contributed by atoms with Crippen LogP contribution < -0.4 is 10.1 Å². The van der Waals surface area contributed by atoms with E-state index in [1.54, 1.807) is 31.3 Å². The van der Waals surface area contributed by atoms with E-state index in [0.717, 1.165) is 16.3 Å². The van der Waals surface area contributed by atoms with Gasteiger partial charge in [0.25, 0.3) is 0 Å². The second kappa shape index (κ2) is 11.5. The summed E-state index contributed by atoms with van der Waals surface area (Å²) in [5.41, 5.74) is 3.10. The third-order valence-corrected chi connectivity index (χ3v) is 8.73. The van der Waals surface area contributed by atoms with Crippen molar-refractivity contribution in [3.8, 4) is 17.2 Å². The number of hydrogen-bond acceptors (Lipinski definition) is 10. The Morgan fingerprint density at radius 2 is 1.60 bits per heavy atom. The molecule has 0 aliphatic rings. The lowest BCUT2D eigenvalue weighted by Crippen LogP contribution is -2.05. The van der Waals surface area contributed by atoms with Crippen molar-refractivity contribution in [2.24, 2.45) is 20.5 Å². The number of phenolic OH excluding ortho intramolecular Hbond substituents is 2. The van der Waals surface area contributed by atoms with Crippen molar-refractivity contribution >= 4 is 59.8 Å². The number of aryl methyl sites for hydroxylation is 1. The third-order valence-electron chi connectivity index (χ3n) is 6.98. The number of phenols is 2. The van der Waals surface area contributed by atoms with Gasteiger partial charge in [0.05, 0.1) is 24.2 Å². The van der Waals surface area contributed by atoms with Gasteiger partial charge in [0.1, 0.15) is 33.5 Å². The fraction of sp³-hybridized carbons (Fsp3) is 0.161. The van der Waals surface area contributed by atoms with Crippen LogP contribution in [-0.2, 0) is 9.84 Å². The summed E-state index contributed by atoms with van der Waals surface area (Å²) in [7, 11) is -0.575. The lowest BCUT2D eigenvalue weighted by atomic mass is 10.0. The molecular formula is C31H29N5O5S. The van der Waals surface area contributed by atoms with Crippen LogP contribution in [0.3, 0.4) is 0 Å². The van der Waals surface area contributed by atoms with Crippen LogP contribution in [0.25, 0.3) is 21.5 Å². The summed E-state index contributed by atoms with van der Waals surface area (Å²) in [6, 6.07) is 21.2. The van der Waals surface area contributed by atoms with Crippen molar-refractivity contribution in [1.29, 1.82) is 0 Å². The van der Waals surface area contributed by atoms with Crippen molar-refractivity contribution in [3.05, 3.63) is 78.4 Å². The van der Waals surface area contributed by atoms with Crippen LogP contribution in [0.2, 0.25) is 0 Å². The predicted molar refractivity (Wildman–Crippen MR) is 165 cm³/mol. The lowest BCUT2D eigenvalue weighted by Gasteiger charge is -2.11. The first-order valence-corrected chi connectivity index (χ1v) is 14.7. The summed E-state index contributed by atoms with van der Waals surface area (Å²) in [6.07, 6.45) is 0. The molecule has 0 amide bonds. The van der Waals surface area contributed by atoms with Gasteiger partial charge >= 0.3 is 0 Å². The Kier molecular flexibility index (Phi) is 7.77. The number of aromatic hydroxyl groups is 2. The maximum atomic E-state index is 12.5. The number of benzene rings is 5. The van der Waals surface area contributed by atoms with E-state index < -0.39 is 9.84 Å². The standard InChI is InChI=1S/C31H29N5O5S/c1-5-42(39,40)29-16-26(27(37)17-28(29)41-4)35-34-25-14-11-21-22(31(25)38)12-13-24(32-3)30(21)36-33-20-10-9-19-8-6-7-18(2)23(19)15-20/h6-17,32,37-38H,5H2,1-4H3/b35-34+,36-33+. The molecule has 0 bridgehead atoms. The number of sulfone groups is 1. The molecule has 0 radical (unpaired) electrons. The molecule has 0 saturated carbocycles. The van der Waals surface area contributed by atoms with Crippen LogP contribution in [0.4, 0.5) is 28.4 Å². The van der Waals surface area contributed by atoms with Gasteiger partial charge in [-0.2, -0.15) is 5.11 Å². The molecule has 0 aromatic heterocycles. The van der Waals surface area contributed by atoms with E-state index in [4.69, 9.17) is 4.74 Å². The molecule has 5 aromatic carbocycles. The van der Waals surface area contributed by atoms with Gasteiger partial charge in [-0.05, 0) is 65.7 Å². The number of fused-ring (bicyclic) bond motifs is 2. The summed E-state index contributed by atoms with van der Waals surface area (Å²) in [6.45, 7) is 3.55. The van der Waals surface area contributed by atoms with Gasteiger partial charge in [-0.3, -0.25) is 0 Å². The third kappa shape index (κ3) is 5.34. The van der Waals surface area contributed by atoms with Gasteiger partial charge in [0, 0.05) is 23.9 Å². The van der Waals surface area contributed by atoms with Crippen LogP contribution in [0.5, 0.6) is 17.2 Å². The summed E-state index contributed by atoms with van der Waals surface area (Å²) >= 11 is 0. The number of nitrogens with one attached hydrogen (secondary N) is 1. The smallest absolute Gasteiger partial charge is 0.181 e. The molecule has 214 valence electrons. The van der Waals surface area contributed by atoms with E-state index in [1.807, 2.05) is 43.3 Å². The molecule has 3 N–H and O–H groups in total. The molecule has 0 aliphatic carbocycles. The average molecular weight is 584 g/mol. The van der Waals surface area contributed by atoms with Gasteiger partial charge in [0.15, 0.2) is 15.6 Å². The first kappa shape index (κ1) is 28.5. The van der Waals surface area contributed by atoms with E-state index in [1.165, 1.54) is 26.2 Å². The number of anilines is 1. The largest absolute Gasteiger partial charge is 0.505 e. The Labute approximate surface area is 243 Å². The first-order valence-electron chi connectivity index (χ1n) is 13.1. The predicted octanol–water partition coefficient (Wildman–Crippen LogP) is 8.39. The zero-order chi connectivity index (χ0) is 30.0. The van der Waals surface area contributed by atoms with Crippen molar-refractivity contribution in [3.63, 3.8) is 0 Å². The molecule has 0 unspecified atom stereocenters. The Morgan fingerprint density at radius 3 is 2.33 bits per heavy atom. The monoisotopic (exact) mass is 583 g/mol. The van der Waals surface area contributed by atoms with E-state index in [0.29, 0.717) is 27.8 Å². The fourth-order valence-electron chi connectivity index (χ4n) is 4.62. The Hall–Kier alpha value is -5.03. The Balaban J connectivity index is 1.54. The highest BCUT2D eigenvalue weighted by Gasteiger charge is 2.21. The van der Waals surface area contributed by atoms with Crippen molar-refractivity contribution < 1.29 is 23.4 Å². The maximum absolute atomic E-state index is 12.5. The lowest BCUT2D eigenvalue weighted by molar-refractivity contribution is 0.396. The number of hydrogen-bond donors (Lipinski definition) is 3. The molecule has 5 aromatic rings. The number of methoxy groups -OCH3 is 1. The number of azo groups is 2. The molecular weight excluding hydrogens is 554 g/mol. The summed E-state index contributed by atoms with van der Waals surface area (Å²) < 4.78 is 30.2. The van der Waals surface area contributed by atoms with Gasteiger partial charge < -0.3 is 20.3 Å². The molecule has 42 heavy (non-hydrogen) atoms. The Morgan fingerprint density at radius 1 is 0.833 bits per heavy atom. The van der Waals surface area contributed by atoms with Crippen LogP contribution >= 0.6 is 0 Å². The maximum Gasteiger partial charge on any atom is 0.181 e. The van der Waals surface area contributed by atoms with E-state index >= 15 is 0 Å². The van der Waals surface area contributed by atoms with Gasteiger partial charge in [-0.1, -0.05) is 31.2 Å². The van der Waals surface area contributed by atoms with E-state index in [-0.39, 0.29) is 39.3 Å². The van der Waals surface area contributed by atoms with E-state index in [9.17, 15) is 18.6 Å². The highest BCUT2D eigenvalue weighted by molar-refractivity contribution is 7.91. The number of rotatable bonds is 8. The minimum absolute atomic E-state index is 0.00251. The molecule has 0 heterocycles. The van der Waals surface area contributed by atoms with Gasteiger partial charge in [0.2, 0.25) is 0 Å². The fourth-order valence-corrected chi connectivity index (χ4v) is 5.67. The molecule has 5 rings (SSSR count). The quantitative estimate of drug-likeness (QED) is 0.156. The van der Waals surface area contributed by atoms with Crippen LogP contribution in [0, 0.1) is 6.92 Å². The zero-order valence-corrected chi connectivity index (χ0v) is 24.3. The van der Waals surface area contributed by atoms with Crippen LogP contribution in [-0.4, -0.2) is 38.5 Å². The van der Waals surface area contributed by atoms with Crippen molar-refractivity contribution in [1.82, 2.24) is 0 Å². The number of ether oxygens (including phenoxy) is 1. The minimum Gasteiger partial charge on any atom is -0.505 e. The van der Waals surface area contributed by atoms with Crippen molar-refractivity contribution in [2.75, 3.05) is 25.2 Å². The van der Waals surface area contributed by atoms with Crippen molar-refractivity contribution in [2.45, 2.75) is 18.7 Å². The second-order valence-corrected chi connectivity index (χ2v) is 11.8. The summed E-state index contributed by atoms with van der Waals surface area (Å²) in [4.78, 5) is -0.113. The molecule has 11 heteroatoms. The highest BCUT2D eigenvalue weighted by Crippen LogP contribution is 2.44. The van der Waals surface area contributed by atoms with Gasteiger partial charge in [-0.25, -0.2) is 8.42 Å². The molecule has 0 atom stereocenters. The van der Waals surface area contributed by atoms with Gasteiger partial charge in [-0.15, -0.1) is 15.3 Å². The Bertz CT molecular complexity index is 2010. The summed E-state index contributed by atoms with van der Waals surface area (Å²) in [5, 5.41) is 45.1. The van der Waals surface area contributed by atoms with Crippen LogP contribution in [0.15, 0.2) is 98.1 Å². The minimum atomic E-state index is -3.66. The second-order valence-electron chi connectivity index (χ2n) is 9.52. The molecule has 0 spiro atoms. The summed E-state index contributed by atoms with van der Waals surface area (Å²) in [5.74, 6) is -0.643. The number of nitrogens with zero attached hydrogens (tertiary/aromatic N) is 4. The SMILES string of the molecule is CCS(=O)(=O)c1cc(/N=N/c2ccc3c(/N=N/c4ccc5cccc(C)c5c4)c(NC)ccc3c2O)c(O)cc1OC. The molecule has 0 fully saturated rings. The topological polar surface area (TPSA) is 145 Å². The highest BCUT2D eigenvalue weighted by atomic mass is 32.2. The molecule has 0 saturated heterocycles. The van der Waals surface area contributed by atoms with Crippen LogP contribution in [0.1, 0.15) is 12.5 Å². The molecule has 10 nitrogen and oxygen atoms in total. The van der Waals surface area contributed by atoms with E-state index in [2.05, 4.69) is 25.8 Å². The first-order chi connectivity index (χ1) is 20.2. The normalized spacial score (nSPS) is 12.1.